The minimum Gasteiger partial charge on any atom is -0.490 e. The molecule has 2 rings (SSSR count). The Hall–Kier alpha value is -2.78. The molecular formula is C28H35BrN2O3. The number of aryl methyl sites for hydroxylation is 2. The molecule has 0 heterocycles. The first-order valence-electron chi connectivity index (χ1n) is 12.0. The number of anilines is 1. The van der Waals surface area contributed by atoms with Crippen LogP contribution in [0.4, 0.5) is 5.69 Å². The van der Waals surface area contributed by atoms with Crippen molar-refractivity contribution >= 4 is 33.6 Å². The SMILES string of the molecule is CCCCCCCCOc1c(Br)cc(/C=C(\C#N)C(=O)Nc2ccc(C)cc2C)cc1OCC. The largest absolute Gasteiger partial charge is 0.490 e. The fourth-order valence-electron chi connectivity index (χ4n) is 3.59. The molecule has 0 atom stereocenters. The maximum absolute atomic E-state index is 12.7. The van der Waals surface area contributed by atoms with E-state index in [1.807, 2.05) is 51.1 Å². The molecule has 0 bridgehead atoms. The Morgan fingerprint density at radius 2 is 1.79 bits per heavy atom. The van der Waals surface area contributed by atoms with E-state index < -0.39 is 5.91 Å². The van der Waals surface area contributed by atoms with Crippen molar-refractivity contribution in [2.75, 3.05) is 18.5 Å². The quantitative estimate of drug-likeness (QED) is 0.164. The molecule has 1 amide bonds. The number of nitrogens with zero attached hydrogens (tertiary/aromatic N) is 1. The van der Waals surface area contributed by atoms with Gasteiger partial charge >= 0.3 is 0 Å². The number of hydrogen-bond donors (Lipinski definition) is 1. The molecule has 0 saturated carbocycles. The lowest BCUT2D eigenvalue weighted by Gasteiger charge is -2.15. The monoisotopic (exact) mass is 526 g/mol. The van der Waals surface area contributed by atoms with Crippen LogP contribution in [0.1, 0.15) is 69.1 Å². The molecule has 2 aromatic carbocycles. The van der Waals surface area contributed by atoms with Gasteiger partial charge in [0.2, 0.25) is 0 Å². The molecule has 0 aliphatic carbocycles. The van der Waals surface area contributed by atoms with E-state index in [4.69, 9.17) is 9.47 Å². The van der Waals surface area contributed by atoms with Gasteiger partial charge in [0.25, 0.3) is 5.91 Å². The third-order valence-electron chi connectivity index (χ3n) is 5.38. The van der Waals surface area contributed by atoms with Crippen LogP contribution in [0.5, 0.6) is 11.5 Å². The molecule has 0 radical (unpaired) electrons. The van der Waals surface area contributed by atoms with Gasteiger partial charge in [0.1, 0.15) is 11.6 Å². The summed E-state index contributed by atoms with van der Waals surface area (Å²) in [6, 6.07) is 11.4. The summed E-state index contributed by atoms with van der Waals surface area (Å²) < 4.78 is 12.5. The van der Waals surface area contributed by atoms with Gasteiger partial charge in [-0.2, -0.15) is 5.26 Å². The van der Waals surface area contributed by atoms with Crippen molar-refractivity contribution in [3.8, 4) is 17.6 Å². The van der Waals surface area contributed by atoms with Crippen LogP contribution in [-0.2, 0) is 4.79 Å². The minimum atomic E-state index is -0.452. The average molecular weight is 528 g/mol. The Balaban J connectivity index is 2.15. The van der Waals surface area contributed by atoms with Crippen molar-refractivity contribution in [2.45, 2.75) is 66.2 Å². The molecule has 2 aromatic rings. The van der Waals surface area contributed by atoms with Crippen molar-refractivity contribution in [1.82, 2.24) is 0 Å². The molecule has 5 nitrogen and oxygen atoms in total. The van der Waals surface area contributed by atoms with Gasteiger partial charge in [0, 0.05) is 5.69 Å². The number of halogens is 1. The van der Waals surface area contributed by atoms with E-state index in [2.05, 4.69) is 28.2 Å². The predicted octanol–water partition coefficient (Wildman–Crippen LogP) is 7.75. The molecule has 34 heavy (non-hydrogen) atoms. The van der Waals surface area contributed by atoms with E-state index >= 15 is 0 Å². The lowest BCUT2D eigenvalue weighted by atomic mass is 10.1. The van der Waals surface area contributed by atoms with Gasteiger partial charge < -0.3 is 14.8 Å². The van der Waals surface area contributed by atoms with Crippen LogP contribution in [0.2, 0.25) is 0 Å². The molecule has 0 fully saturated rings. The van der Waals surface area contributed by atoms with E-state index in [0.29, 0.717) is 36.0 Å². The number of amides is 1. The smallest absolute Gasteiger partial charge is 0.266 e. The zero-order chi connectivity index (χ0) is 24.9. The van der Waals surface area contributed by atoms with Gasteiger partial charge in [0.15, 0.2) is 11.5 Å². The summed E-state index contributed by atoms with van der Waals surface area (Å²) in [5.41, 5.74) is 3.42. The van der Waals surface area contributed by atoms with Crippen LogP contribution in [0.3, 0.4) is 0 Å². The molecule has 1 N–H and O–H groups in total. The molecule has 6 heteroatoms. The first-order chi connectivity index (χ1) is 16.4. The first kappa shape index (κ1) is 27.5. The molecular weight excluding hydrogens is 492 g/mol. The van der Waals surface area contributed by atoms with Crippen LogP contribution in [-0.4, -0.2) is 19.1 Å². The van der Waals surface area contributed by atoms with Crippen LogP contribution in [0.15, 0.2) is 40.4 Å². The number of carbonyl (C=O) groups is 1. The van der Waals surface area contributed by atoms with Crippen molar-refractivity contribution in [3.63, 3.8) is 0 Å². The van der Waals surface area contributed by atoms with Crippen molar-refractivity contribution in [3.05, 3.63) is 57.1 Å². The Labute approximate surface area is 212 Å². The molecule has 0 spiro atoms. The number of benzene rings is 2. The van der Waals surface area contributed by atoms with E-state index in [0.717, 1.165) is 28.4 Å². The summed E-state index contributed by atoms with van der Waals surface area (Å²) in [4.78, 5) is 12.7. The summed E-state index contributed by atoms with van der Waals surface area (Å²) in [6.07, 6.45) is 8.70. The lowest BCUT2D eigenvalue weighted by molar-refractivity contribution is -0.112. The molecule has 0 saturated heterocycles. The van der Waals surface area contributed by atoms with Gasteiger partial charge in [-0.1, -0.05) is 56.7 Å². The summed E-state index contributed by atoms with van der Waals surface area (Å²) in [5, 5.41) is 12.4. The highest BCUT2D eigenvalue weighted by atomic mass is 79.9. The maximum atomic E-state index is 12.7. The van der Waals surface area contributed by atoms with Gasteiger partial charge in [-0.3, -0.25) is 4.79 Å². The lowest BCUT2D eigenvalue weighted by Crippen LogP contribution is -2.14. The van der Waals surface area contributed by atoms with Crippen molar-refractivity contribution in [1.29, 1.82) is 5.26 Å². The number of rotatable bonds is 13. The summed E-state index contributed by atoms with van der Waals surface area (Å²) in [7, 11) is 0. The molecule has 182 valence electrons. The van der Waals surface area contributed by atoms with Gasteiger partial charge in [-0.15, -0.1) is 0 Å². The standard InChI is InChI=1S/C28H35BrN2O3/c1-5-7-8-9-10-11-14-34-27-24(29)17-22(18-26(27)33-6-2)16-23(19-30)28(32)31-25-13-12-20(3)15-21(25)4/h12-13,15-18H,5-11,14H2,1-4H3,(H,31,32)/b23-16+. The second kappa shape index (κ2) is 14.5. The Kier molecular flexibility index (Phi) is 11.7. The van der Waals surface area contributed by atoms with Crippen LogP contribution in [0, 0.1) is 25.2 Å². The first-order valence-corrected chi connectivity index (χ1v) is 12.8. The second-order valence-electron chi connectivity index (χ2n) is 8.32. The Bertz CT molecular complexity index is 1040. The zero-order valence-corrected chi connectivity index (χ0v) is 22.3. The van der Waals surface area contributed by atoms with Crippen molar-refractivity contribution in [2.24, 2.45) is 0 Å². The summed E-state index contributed by atoms with van der Waals surface area (Å²) in [5.74, 6) is 0.777. The number of ether oxygens (including phenoxy) is 2. The van der Waals surface area contributed by atoms with E-state index in [9.17, 15) is 10.1 Å². The number of hydrogen-bond acceptors (Lipinski definition) is 4. The Morgan fingerprint density at radius 3 is 2.47 bits per heavy atom. The number of nitrogens with one attached hydrogen (secondary N) is 1. The number of carbonyl (C=O) groups excluding carboxylic acids is 1. The molecule has 0 aromatic heterocycles. The summed E-state index contributed by atoms with van der Waals surface area (Å²) >= 11 is 3.57. The molecule has 0 aliphatic rings. The number of unbranched alkanes of at least 4 members (excludes halogenated alkanes) is 5. The Morgan fingerprint density at radius 1 is 1.06 bits per heavy atom. The average Bonchev–Trinajstić information content (AvgIpc) is 2.80. The topological polar surface area (TPSA) is 71.3 Å². The molecule has 0 unspecified atom stereocenters. The van der Waals surface area contributed by atoms with E-state index in [-0.39, 0.29) is 5.57 Å². The van der Waals surface area contributed by atoms with E-state index in [1.165, 1.54) is 25.7 Å². The van der Waals surface area contributed by atoms with Crippen molar-refractivity contribution < 1.29 is 14.3 Å². The van der Waals surface area contributed by atoms with Gasteiger partial charge in [-0.05, 0) is 78.5 Å². The maximum Gasteiger partial charge on any atom is 0.266 e. The highest BCUT2D eigenvalue weighted by Crippen LogP contribution is 2.37. The minimum absolute atomic E-state index is 0.00933. The predicted molar refractivity (Wildman–Crippen MR) is 142 cm³/mol. The zero-order valence-electron chi connectivity index (χ0n) is 20.7. The van der Waals surface area contributed by atoms with Crippen LogP contribution < -0.4 is 14.8 Å². The highest BCUT2D eigenvalue weighted by molar-refractivity contribution is 9.10. The third-order valence-corrected chi connectivity index (χ3v) is 5.97. The fourth-order valence-corrected chi connectivity index (χ4v) is 4.16. The number of nitriles is 1. The van der Waals surface area contributed by atoms with Crippen LogP contribution in [0.25, 0.3) is 6.08 Å². The third kappa shape index (κ3) is 8.53. The second-order valence-corrected chi connectivity index (χ2v) is 9.18. The van der Waals surface area contributed by atoms with E-state index in [1.54, 1.807) is 12.1 Å². The highest BCUT2D eigenvalue weighted by Gasteiger charge is 2.15. The normalized spacial score (nSPS) is 11.1. The summed E-state index contributed by atoms with van der Waals surface area (Å²) in [6.45, 7) is 9.13. The van der Waals surface area contributed by atoms with Gasteiger partial charge in [0.05, 0.1) is 17.7 Å². The van der Waals surface area contributed by atoms with Gasteiger partial charge in [-0.25, -0.2) is 0 Å². The van der Waals surface area contributed by atoms with Crippen LogP contribution >= 0.6 is 15.9 Å². The fraction of sp³-hybridized carbons (Fsp3) is 0.429. The molecule has 0 aliphatic heterocycles.